The molecule has 0 amide bonds. The summed E-state index contributed by atoms with van der Waals surface area (Å²) in [5, 5.41) is 0. The van der Waals surface area contributed by atoms with E-state index in [0.29, 0.717) is 6.54 Å². The minimum absolute atomic E-state index is 0.0280. The van der Waals surface area contributed by atoms with E-state index < -0.39 is 0 Å². The van der Waals surface area contributed by atoms with Crippen molar-refractivity contribution in [1.29, 1.82) is 0 Å². The fourth-order valence-electron chi connectivity index (χ4n) is 5.91. The first-order chi connectivity index (χ1) is 21.6. The van der Waals surface area contributed by atoms with Crippen LogP contribution in [0.3, 0.4) is 0 Å². The van der Waals surface area contributed by atoms with Crippen molar-refractivity contribution in [2.24, 2.45) is 5.73 Å². The molecule has 0 heterocycles. The Kier molecular flexibility index (Phi) is 34.7. The fourth-order valence-corrected chi connectivity index (χ4v) is 5.91. The second-order valence-electron chi connectivity index (χ2n) is 13.9. The molecule has 1 unspecified atom stereocenters. The lowest BCUT2D eigenvalue weighted by atomic mass is 10.0. The van der Waals surface area contributed by atoms with E-state index in [9.17, 15) is 0 Å². The van der Waals surface area contributed by atoms with Crippen molar-refractivity contribution in [3.63, 3.8) is 0 Å². The van der Waals surface area contributed by atoms with Crippen molar-refractivity contribution < 1.29 is 9.47 Å². The van der Waals surface area contributed by atoms with Crippen molar-refractivity contribution in [3.8, 4) is 0 Å². The topological polar surface area (TPSA) is 44.5 Å². The summed E-state index contributed by atoms with van der Waals surface area (Å²) in [5.74, 6) is 0. The maximum Gasteiger partial charge on any atom is 0.0980 e. The molecular formula is C41H81NO2. The van der Waals surface area contributed by atoms with Crippen molar-refractivity contribution in [3.05, 3.63) is 24.3 Å². The molecule has 1 atom stereocenters. The predicted octanol–water partition coefficient (Wildman–Crippen LogP) is 13.2. The van der Waals surface area contributed by atoms with E-state index in [1.54, 1.807) is 0 Å². The number of unbranched alkanes of at least 4 members (excludes halogenated alkanes) is 24. The third kappa shape index (κ3) is 31.3. The minimum atomic E-state index is -0.320. The molecule has 3 nitrogen and oxygen atoms in total. The molecule has 2 N–H and O–H groups in total. The lowest BCUT2D eigenvalue weighted by Crippen LogP contribution is -2.46. The van der Waals surface area contributed by atoms with Crippen LogP contribution in [0, 0.1) is 0 Å². The molecule has 0 aromatic heterocycles. The van der Waals surface area contributed by atoms with E-state index in [1.165, 1.54) is 167 Å². The quantitative estimate of drug-likeness (QED) is 0.0560. The van der Waals surface area contributed by atoms with Crippen LogP contribution in [-0.4, -0.2) is 31.5 Å². The monoisotopic (exact) mass is 620 g/mol. The van der Waals surface area contributed by atoms with Gasteiger partial charge in [-0.1, -0.05) is 154 Å². The Hall–Kier alpha value is -0.640. The summed E-state index contributed by atoms with van der Waals surface area (Å²) in [5.41, 5.74) is 5.76. The molecular weight excluding hydrogens is 538 g/mol. The smallest absolute Gasteiger partial charge is 0.0980 e. The largest absolute Gasteiger partial charge is 0.374 e. The second kappa shape index (κ2) is 35.2. The van der Waals surface area contributed by atoms with Gasteiger partial charge in [0.05, 0.1) is 11.7 Å². The summed E-state index contributed by atoms with van der Waals surface area (Å²) in [6.07, 6.45) is 46.9. The Morgan fingerprint density at radius 3 is 1.14 bits per heavy atom. The van der Waals surface area contributed by atoms with Gasteiger partial charge < -0.3 is 15.2 Å². The SMILES string of the molecule is CCCCCCCC/C=C\CCCCCCCCOC(CN)C(C)(C)OCCCCCCCC/C=C\CCCCCCCC. The molecule has 44 heavy (non-hydrogen) atoms. The zero-order chi connectivity index (χ0) is 32.2. The van der Waals surface area contributed by atoms with Crippen LogP contribution in [0.15, 0.2) is 24.3 Å². The fraction of sp³-hybridized carbons (Fsp3) is 0.902. The van der Waals surface area contributed by atoms with Crippen LogP contribution in [0.5, 0.6) is 0 Å². The third-order valence-electron chi connectivity index (χ3n) is 9.09. The summed E-state index contributed by atoms with van der Waals surface area (Å²) in [6.45, 7) is 11.0. The Labute approximate surface area is 278 Å². The van der Waals surface area contributed by atoms with Crippen LogP contribution in [0.25, 0.3) is 0 Å². The van der Waals surface area contributed by atoms with Gasteiger partial charge in [0.25, 0.3) is 0 Å². The van der Waals surface area contributed by atoms with Crippen LogP contribution < -0.4 is 5.73 Å². The van der Waals surface area contributed by atoms with E-state index in [0.717, 1.165) is 26.1 Å². The zero-order valence-corrected chi connectivity index (χ0v) is 30.7. The summed E-state index contributed by atoms with van der Waals surface area (Å²) < 4.78 is 12.5. The van der Waals surface area contributed by atoms with Gasteiger partial charge in [-0.05, 0) is 78.1 Å². The van der Waals surface area contributed by atoms with Crippen LogP contribution >= 0.6 is 0 Å². The Balaban J connectivity index is 3.58. The molecule has 0 rings (SSSR count). The molecule has 0 aromatic carbocycles. The molecule has 3 heteroatoms. The molecule has 0 radical (unpaired) electrons. The standard InChI is InChI=1S/C41H81NO2/c1-5-7-9-11-13-15-17-19-21-23-25-27-29-31-33-35-37-43-40(39-42)41(3,4)44-38-36-34-32-30-28-26-24-22-20-18-16-14-12-10-8-6-2/h19-22,40H,5-18,23-39,42H2,1-4H3/b21-19-,22-20-. The van der Waals surface area contributed by atoms with Crippen molar-refractivity contribution in [2.75, 3.05) is 19.8 Å². The van der Waals surface area contributed by atoms with Crippen molar-refractivity contribution in [2.45, 2.75) is 219 Å². The van der Waals surface area contributed by atoms with E-state index in [2.05, 4.69) is 52.0 Å². The highest BCUT2D eigenvalue weighted by Gasteiger charge is 2.30. The molecule has 262 valence electrons. The molecule has 0 bridgehead atoms. The number of nitrogens with two attached hydrogens (primary N) is 1. The average molecular weight is 620 g/mol. The van der Waals surface area contributed by atoms with Gasteiger partial charge >= 0.3 is 0 Å². The Morgan fingerprint density at radius 1 is 0.455 bits per heavy atom. The molecule has 0 aliphatic rings. The zero-order valence-electron chi connectivity index (χ0n) is 30.7. The van der Waals surface area contributed by atoms with Crippen LogP contribution in [-0.2, 0) is 9.47 Å². The van der Waals surface area contributed by atoms with Crippen LogP contribution in [0.2, 0.25) is 0 Å². The van der Waals surface area contributed by atoms with Gasteiger partial charge in [-0.2, -0.15) is 0 Å². The second-order valence-corrected chi connectivity index (χ2v) is 13.9. The van der Waals surface area contributed by atoms with Crippen LogP contribution in [0.4, 0.5) is 0 Å². The highest BCUT2D eigenvalue weighted by molar-refractivity contribution is 4.83. The molecule has 0 aliphatic heterocycles. The van der Waals surface area contributed by atoms with Gasteiger partial charge in [-0.25, -0.2) is 0 Å². The first kappa shape index (κ1) is 43.4. The van der Waals surface area contributed by atoms with Gasteiger partial charge in [0.1, 0.15) is 0 Å². The number of allylic oxidation sites excluding steroid dienone is 4. The molecule has 0 aromatic rings. The number of ether oxygens (including phenoxy) is 2. The Bertz CT molecular complexity index is 599. The van der Waals surface area contributed by atoms with E-state index in [4.69, 9.17) is 15.2 Å². The summed E-state index contributed by atoms with van der Waals surface area (Å²) in [4.78, 5) is 0. The van der Waals surface area contributed by atoms with Gasteiger partial charge in [0.15, 0.2) is 0 Å². The third-order valence-corrected chi connectivity index (χ3v) is 9.09. The normalized spacial score (nSPS) is 13.1. The lowest BCUT2D eigenvalue weighted by Gasteiger charge is -2.33. The van der Waals surface area contributed by atoms with E-state index in [1.807, 2.05) is 0 Å². The number of rotatable bonds is 36. The lowest BCUT2D eigenvalue weighted by molar-refractivity contribution is -0.124. The number of hydrogen-bond acceptors (Lipinski definition) is 3. The maximum atomic E-state index is 6.27. The van der Waals surface area contributed by atoms with E-state index >= 15 is 0 Å². The summed E-state index contributed by atoms with van der Waals surface area (Å²) in [7, 11) is 0. The maximum absolute atomic E-state index is 6.27. The molecule has 0 aliphatic carbocycles. The highest BCUT2D eigenvalue weighted by atomic mass is 16.5. The highest BCUT2D eigenvalue weighted by Crippen LogP contribution is 2.20. The van der Waals surface area contributed by atoms with Crippen molar-refractivity contribution in [1.82, 2.24) is 0 Å². The predicted molar refractivity (Wildman–Crippen MR) is 198 cm³/mol. The Morgan fingerprint density at radius 2 is 0.773 bits per heavy atom. The first-order valence-corrected chi connectivity index (χ1v) is 19.8. The van der Waals surface area contributed by atoms with Crippen LogP contribution in [0.1, 0.15) is 207 Å². The number of hydrogen-bond donors (Lipinski definition) is 1. The molecule has 0 saturated carbocycles. The minimum Gasteiger partial charge on any atom is -0.374 e. The molecule has 0 saturated heterocycles. The van der Waals surface area contributed by atoms with Crippen molar-refractivity contribution >= 4 is 0 Å². The summed E-state index contributed by atoms with van der Waals surface area (Å²) in [6, 6.07) is 0. The molecule has 0 fully saturated rings. The van der Waals surface area contributed by atoms with E-state index in [-0.39, 0.29) is 11.7 Å². The summed E-state index contributed by atoms with van der Waals surface area (Å²) >= 11 is 0. The van der Waals surface area contributed by atoms with Gasteiger partial charge in [0, 0.05) is 19.8 Å². The average Bonchev–Trinajstić information content (AvgIpc) is 3.02. The first-order valence-electron chi connectivity index (χ1n) is 19.8. The molecule has 0 spiro atoms. The van der Waals surface area contributed by atoms with Gasteiger partial charge in [0.2, 0.25) is 0 Å². The van der Waals surface area contributed by atoms with Gasteiger partial charge in [-0.3, -0.25) is 0 Å². The van der Waals surface area contributed by atoms with Gasteiger partial charge in [-0.15, -0.1) is 0 Å².